The van der Waals surface area contributed by atoms with Crippen LogP contribution in [-0.4, -0.2) is 21.2 Å². The molecule has 3 aromatic rings. The average Bonchev–Trinajstić information content (AvgIpc) is 3.21. The lowest BCUT2D eigenvalue weighted by Crippen LogP contribution is -2.13. The Morgan fingerprint density at radius 2 is 2.36 bits per heavy atom. The van der Waals surface area contributed by atoms with Crippen LogP contribution in [0.15, 0.2) is 17.5 Å². The van der Waals surface area contributed by atoms with E-state index in [9.17, 15) is 0 Å². The molecule has 1 aliphatic rings. The quantitative estimate of drug-likeness (QED) is 0.709. The highest BCUT2D eigenvalue weighted by molar-refractivity contribution is 7.09. The number of nitrogens with one attached hydrogen (secondary N) is 1. The van der Waals surface area contributed by atoms with Crippen molar-refractivity contribution in [1.82, 2.24) is 14.6 Å². The molecule has 8 heteroatoms. The number of ether oxygens (including phenoxy) is 1. The third-order valence-corrected chi connectivity index (χ3v) is 5.52. The van der Waals surface area contributed by atoms with E-state index in [-0.39, 0.29) is 17.2 Å². The normalized spacial score (nSPS) is 18.0. The van der Waals surface area contributed by atoms with Gasteiger partial charge in [0.25, 0.3) is 0 Å². The first-order valence-corrected chi connectivity index (χ1v) is 9.53. The highest BCUT2D eigenvalue weighted by Crippen LogP contribution is 2.36. The fourth-order valence-corrected chi connectivity index (χ4v) is 4.10. The van der Waals surface area contributed by atoms with E-state index in [0.717, 1.165) is 24.1 Å². The van der Waals surface area contributed by atoms with E-state index in [1.807, 2.05) is 24.4 Å². The largest absolute Gasteiger partial charge is 0.373 e. The molecule has 1 saturated heterocycles. The number of aryl methyl sites for hydroxylation is 1. The van der Waals surface area contributed by atoms with Crippen LogP contribution in [0.5, 0.6) is 0 Å². The molecule has 25 heavy (non-hydrogen) atoms. The molecular weight excluding hydrogens is 363 g/mol. The number of halogens is 2. The number of anilines is 1. The third-order valence-electron chi connectivity index (χ3n) is 4.49. The standard InChI is InChI=1S/C17H18ClFN4OS/c1-10-13(12-6-2-3-7-24-12)14(19)15-16(21-17(18)22-23(10)15)20-9-11-5-4-8-25-11/h4-5,8,12H,2-3,6-7,9H2,1H3,(H,20,21,22). The summed E-state index contributed by atoms with van der Waals surface area (Å²) in [6, 6.07) is 3.99. The lowest BCUT2D eigenvalue weighted by Gasteiger charge is -2.22. The van der Waals surface area contributed by atoms with Crippen LogP contribution in [0.25, 0.3) is 5.52 Å². The maximum absolute atomic E-state index is 15.3. The Morgan fingerprint density at radius 1 is 1.48 bits per heavy atom. The zero-order valence-corrected chi connectivity index (χ0v) is 15.3. The van der Waals surface area contributed by atoms with E-state index in [0.29, 0.717) is 35.7 Å². The summed E-state index contributed by atoms with van der Waals surface area (Å²) in [5.74, 6) is 0.0748. The molecule has 1 N–H and O–H groups in total. The predicted octanol–water partition coefficient (Wildman–Crippen LogP) is 4.75. The molecule has 1 fully saturated rings. The first-order chi connectivity index (χ1) is 12.1. The van der Waals surface area contributed by atoms with Gasteiger partial charge in [0.1, 0.15) is 5.52 Å². The van der Waals surface area contributed by atoms with Gasteiger partial charge in [-0.05, 0) is 49.2 Å². The molecule has 4 rings (SSSR count). The Kier molecular flexibility index (Phi) is 4.62. The van der Waals surface area contributed by atoms with Crippen LogP contribution in [-0.2, 0) is 11.3 Å². The summed E-state index contributed by atoms with van der Waals surface area (Å²) in [5.41, 5.74) is 1.60. The monoisotopic (exact) mass is 380 g/mol. The van der Waals surface area contributed by atoms with Crippen molar-refractivity contribution in [2.75, 3.05) is 11.9 Å². The molecule has 132 valence electrons. The molecule has 0 radical (unpaired) electrons. The SMILES string of the molecule is Cc1c(C2CCCCO2)c(F)c2c(NCc3cccs3)nc(Cl)nn12. The van der Waals surface area contributed by atoms with Gasteiger partial charge in [-0.15, -0.1) is 16.4 Å². The molecule has 3 aromatic heterocycles. The Labute approximate surface area is 153 Å². The fraction of sp³-hybridized carbons (Fsp3) is 0.412. The molecule has 0 aliphatic carbocycles. The highest BCUT2D eigenvalue weighted by atomic mass is 35.5. The van der Waals surface area contributed by atoms with Gasteiger partial charge in [-0.2, -0.15) is 4.98 Å². The number of aromatic nitrogens is 3. The smallest absolute Gasteiger partial charge is 0.243 e. The highest BCUT2D eigenvalue weighted by Gasteiger charge is 2.28. The van der Waals surface area contributed by atoms with Crippen LogP contribution in [0.3, 0.4) is 0 Å². The van der Waals surface area contributed by atoms with E-state index >= 15 is 4.39 Å². The molecule has 1 atom stereocenters. The number of fused-ring (bicyclic) bond motifs is 1. The first-order valence-electron chi connectivity index (χ1n) is 8.27. The van der Waals surface area contributed by atoms with Gasteiger partial charge in [0.15, 0.2) is 11.6 Å². The van der Waals surface area contributed by atoms with Crippen LogP contribution in [0.1, 0.15) is 41.5 Å². The van der Waals surface area contributed by atoms with Crippen molar-refractivity contribution in [3.8, 4) is 0 Å². The van der Waals surface area contributed by atoms with Gasteiger partial charge >= 0.3 is 0 Å². The van der Waals surface area contributed by atoms with Gasteiger partial charge in [-0.1, -0.05) is 6.07 Å². The second-order valence-electron chi connectivity index (χ2n) is 6.09. The number of hydrogen-bond acceptors (Lipinski definition) is 5. The lowest BCUT2D eigenvalue weighted by atomic mass is 10.0. The van der Waals surface area contributed by atoms with Crippen LogP contribution < -0.4 is 5.32 Å². The molecular formula is C17H18ClFN4OS. The maximum Gasteiger partial charge on any atom is 0.243 e. The van der Waals surface area contributed by atoms with Gasteiger partial charge in [0.2, 0.25) is 5.28 Å². The minimum Gasteiger partial charge on any atom is -0.373 e. The number of hydrogen-bond donors (Lipinski definition) is 1. The molecule has 0 bridgehead atoms. The topological polar surface area (TPSA) is 51.5 Å². The molecule has 0 amide bonds. The molecule has 0 spiro atoms. The van der Waals surface area contributed by atoms with E-state index in [1.165, 1.54) is 4.52 Å². The van der Waals surface area contributed by atoms with Crippen molar-refractivity contribution in [3.05, 3.63) is 44.7 Å². The Bertz CT molecular complexity index is 890. The summed E-state index contributed by atoms with van der Waals surface area (Å²) < 4.78 is 22.6. The zero-order chi connectivity index (χ0) is 17.4. The summed E-state index contributed by atoms with van der Waals surface area (Å²) in [5, 5.41) is 9.46. The molecule has 0 aromatic carbocycles. The van der Waals surface area contributed by atoms with Crippen LogP contribution in [0.4, 0.5) is 10.2 Å². The van der Waals surface area contributed by atoms with Crippen LogP contribution >= 0.6 is 22.9 Å². The number of thiophene rings is 1. The van der Waals surface area contributed by atoms with Crippen molar-refractivity contribution >= 4 is 34.3 Å². The number of nitrogens with zero attached hydrogens (tertiary/aromatic N) is 3. The summed E-state index contributed by atoms with van der Waals surface area (Å²) in [7, 11) is 0. The Hall–Kier alpha value is -1.70. The number of rotatable bonds is 4. The van der Waals surface area contributed by atoms with Crippen molar-refractivity contribution in [3.63, 3.8) is 0 Å². The molecule has 0 saturated carbocycles. The molecule has 1 aliphatic heterocycles. The summed E-state index contributed by atoms with van der Waals surface area (Å²) in [6.07, 6.45) is 2.63. The van der Waals surface area contributed by atoms with Gasteiger partial charge in [0, 0.05) is 22.7 Å². The molecule has 1 unspecified atom stereocenters. The minimum atomic E-state index is -0.324. The van der Waals surface area contributed by atoms with Crippen LogP contribution in [0, 0.1) is 12.7 Å². The van der Waals surface area contributed by atoms with Gasteiger partial charge < -0.3 is 10.1 Å². The van der Waals surface area contributed by atoms with E-state index in [4.69, 9.17) is 16.3 Å². The van der Waals surface area contributed by atoms with Crippen molar-refractivity contribution in [2.24, 2.45) is 0 Å². The third kappa shape index (κ3) is 3.12. The van der Waals surface area contributed by atoms with Gasteiger partial charge in [-0.3, -0.25) is 0 Å². The van der Waals surface area contributed by atoms with E-state index < -0.39 is 0 Å². The summed E-state index contributed by atoms with van der Waals surface area (Å²) in [4.78, 5) is 5.34. The van der Waals surface area contributed by atoms with Crippen molar-refractivity contribution < 1.29 is 9.13 Å². The summed E-state index contributed by atoms with van der Waals surface area (Å²) in [6.45, 7) is 3.06. The van der Waals surface area contributed by atoms with Crippen molar-refractivity contribution in [1.29, 1.82) is 0 Å². The Balaban J connectivity index is 1.77. The Morgan fingerprint density at radius 3 is 3.08 bits per heavy atom. The minimum absolute atomic E-state index is 0.0791. The fourth-order valence-electron chi connectivity index (χ4n) is 3.29. The van der Waals surface area contributed by atoms with Gasteiger partial charge in [-0.25, -0.2) is 8.91 Å². The summed E-state index contributed by atoms with van der Waals surface area (Å²) >= 11 is 7.70. The second-order valence-corrected chi connectivity index (χ2v) is 7.46. The van der Waals surface area contributed by atoms with Crippen LogP contribution in [0.2, 0.25) is 5.28 Å². The van der Waals surface area contributed by atoms with Gasteiger partial charge in [0.05, 0.1) is 12.6 Å². The first kappa shape index (κ1) is 16.8. The zero-order valence-electron chi connectivity index (χ0n) is 13.8. The van der Waals surface area contributed by atoms with E-state index in [2.05, 4.69) is 15.4 Å². The second kappa shape index (κ2) is 6.90. The maximum atomic E-state index is 15.3. The van der Waals surface area contributed by atoms with Crippen molar-refractivity contribution in [2.45, 2.75) is 38.8 Å². The molecule has 5 nitrogen and oxygen atoms in total. The predicted molar refractivity (Wildman–Crippen MR) is 96.9 cm³/mol. The average molecular weight is 381 g/mol. The van der Waals surface area contributed by atoms with E-state index in [1.54, 1.807) is 11.3 Å². The lowest BCUT2D eigenvalue weighted by molar-refractivity contribution is 0.0127. The molecule has 4 heterocycles.